The fraction of sp³-hybridized carbons (Fsp3) is 0.385. The van der Waals surface area contributed by atoms with Crippen LogP contribution in [0.5, 0.6) is 0 Å². The van der Waals surface area contributed by atoms with Crippen molar-refractivity contribution in [3.05, 3.63) is 69.8 Å². The summed E-state index contributed by atoms with van der Waals surface area (Å²) in [4.78, 5) is 63.6. The third kappa shape index (κ3) is 13.0. The number of ether oxygens (including phenoxy) is 4. The first-order chi connectivity index (χ1) is 19.1. The fourth-order valence-corrected chi connectivity index (χ4v) is 3.17. The van der Waals surface area contributed by atoms with Gasteiger partial charge in [0.15, 0.2) is 0 Å². The van der Waals surface area contributed by atoms with Crippen molar-refractivity contribution in [1.29, 1.82) is 0 Å². The van der Waals surface area contributed by atoms with Crippen molar-refractivity contribution in [3.63, 3.8) is 0 Å². The molecule has 2 aromatic rings. The fourth-order valence-electron chi connectivity index (χ4n) is 3.17. The molecule has 0 amide bonds. The summed E-state index contributed by atoms with van der Waals surface area (Å²) in [5.74, 6) is -1.68. The molecule has 0 unspecified atom stereocenters. The standard InChI is InChI=1S/C26H30O14/c1-17-11-18(2)14-21(13-17)23(27)35-39-37-25(29)33-9-7-31-5-6-32-8-10-34-26(30)38-40-36-24(28)22-15-19(3)12-20(4)16-22/h11-16H,5-10H2,1-4H3. The molecule has 0 atom stereocenters. The average Bonchev–Trinajstić information content (AvgIpc) is 2.88. The van der Waals surface area contributed by atoms with Gasteiger partial charge in [-0.25, -0.2) is 29.0 Å². The number of hydrogen-bond donors (Lipinski definition) is 0. The molecule has 0 bridgehead atoms. The van der Waals surface area contributed by atoms with Gasteiger partial charge < -0.3 is 18.9 Å². The van der Waals surface area contributed by atoms with E-state index in [1.54, 1.807) is 24.3 Å². The van der Waals surface area contributed by atoms with Crippen molar-refractivity contribution in [2.45, 2.75) is 27.7 Å². The van der Waals surface area contributed by atoms with E-state index >= 15 is 0 Å². The van der Waals surface area contributed by atoms with E-state index in [0.717, 1.165) is 22.3 Å². The van der Waals surface area contributed by atoms with Crippen LogP contribution >= 0.6 is 0 Å². The van der Waals surface area contributed by atoms with Gasteiger partial charge >= 0.3 is 24.2 Å². The second-order valence-electron chi connectivity index (χ2n) is 8.22. The van der Waals surface area contributed by atoms with Crippen molar-refractivity contribution >= 4 is 24.2 Å². The van der Waals surface area contributed by atoms with Gasteiger partial charge in [0.1, 0.15) is 13.2 Å². The lowest BCUT2D eigenvalue weighted by molar-refractivity contribution is -0.452. The average molecular weight is 567 g/mol. The lowest BCUT2D eigenvalue weighted by atomic mass is 10.1. The van der Waals surface area contributed by atoms with Crippen LogP contribution in [0.4, 0.5) is 9.59 Å². The lowest BCUT2D eigenvalue weighted by Crippen LogP contribution is -2.17. The van der Waals surface area contributed by atoms with Crippen LogP contribution in [-0.4, -0.2) is 63.9 Å². The molecule has 0 aromatic heterocycles. The van der Waals surface area contributed by atoms with E-state index in [2.05, 4.69) is 39.1 Å². The summed E-state index contributed by atoms with van der Waals surface area (Å²) < 4.78 is 19.7. The second kappa shape index (κ2) is 17.4. The molecule has 14 nitrogen and oxygen atoms in total. The summed E-state index contributed by atoms with van der Waals surface area (Å²) in [5, 5.41) is 8.28. The Labute approximate surface area is 229 Å². The largest absolute Gasteiger partial charge is 0.543 e. The Hall–Kier alpha value is -4.24. The van der Waals surface area contributed by atoms with E-state index in [4.69, 9.17) is 9.47 Å². The molecule has 2 rings (SSSR count). The maximum Gasteiger partial charge on any atom is 0.543 e. The molecule has 0 saturated heterocycles. The summed E-state index contributed by atoms with van der Waals surface area (Å²) in [5.41, 5.74) is 3.88. The Balaban J connectivity index is 1.40. The Kier molecular flexibility index (Phi) is 13.9. The SMILES string of the molecule is Cc1cc(C)cc(C(=O)OOOC(=O)OCCOCCOCCOC(=O)OOOC(=O)c2cc(C)cc(C)c2)c1. The minimum absolute atomic E-state index is 0.0157. The minimum atomic E-state index is -1.24. The van der Waals surface area contributed by atoms with Gasteiger partial charge in [-0.15, -0.1) is 0 Å². The van der Waals surface area contributed by atoms with Gasteiger partial charge in [-0.05, 0) is 52.0 Å². The highest BCUT2D eigenvalue weighted by Gasteiger charge is 2.14. The highest BCUT2D eigenvalue weighted by atomic mass is 17.5. The Morgan fingerprint density at radius 3 is 1.15 bits per heavy atom. The van der Waals surface area contributed by atoms with E-state index in [1.165, 1.54) is 0 Å². The van der Waals surface area contributed by atoms with Crippen LogP contribution in [0.2, 0.25) is 0 Å². The zero-order valence-corrected chi connectivity index (χ0v) is 22.4. The van der Waals surface area contributed by atoms with Crippen LogP contribution in [0, 0.1) is 27.7 Å². The van der Waals surface area contributed by atoms with Gasteiger partial charge in [-0.3, -0.25) is 9.78 Å². The molecule has 2 aromatic carbocycles. The number of carbonyl (C=O) groups is 4. The maximum absolute atomic E-state index is 11.9. The van der Waals surface area contributed by atoms with Gasteiger partial charge in [-0.2, -0.15) is 0 Å². The lowest BCUT2D eigenvalue weighted by Gasteiger charge is -2.07. The maximum atomic E-state index is 11.9. The summed E-state index contributed by atoms with van der Waals surface area (Å²) >= 11 is 0. The van der Waals surface area contributed by atoms with E-state index in [1.807, 2.05) is 39.8 Å². The normalized spacial score (nSPS) is 10.4. The summed E-state index contributed by atoms with van der Waals surface area (Å²) in [6.45, 7) is 7.23. The zero-order chi connectivity index (χ0) is 29.3. The van der Waals surface area contributed by atoms with Crippen LogP contribution in [0.15, 0.2) is 36.4 Å². The molecule has 0 aliphatic heterocycles. The number of hydrogen-bond acceptors (Lipinski definition) is 14. The molecule has 218 valence electrons. The number of benzene rings is 2. The molecule has 40 heavy (non-hydrogen) atoms. The monoisotopic (exact) mass is 566 g/mol. The van der Waals surface area contributed by atoms with E-state index < -0.39 is 24.2 Å². The van der Waals surface area contributed by atoms with Gasteiger partial charge in [0.2, 0.25) is 0 Å². The summed E-state index contributed by atoms with van der Waals surface area (Å²) in [6.07, 6.45) is -2.47. The van der Waals surface area contributed by atoms with Crippen LogP contribution in [0.3, 0.4) is 0 Å². The van der Waals surface area contributed by atoms with Gasteiger partial charge in [0.25, 0.3) is 0 Å². The molecule has 0 radical (unpaired) electrons. The highest BCUT2D eigenvalue weighted by Crippen LogP contribution is 2.11. The van der Waals surface area contributed by atoms with Crippen LogP contribution < -0.4 is 0 Å². The molecule has 14 heteroatoms. The first kappa shape index (κ1) is 32.0. The number of carbonyl (C=O) groups excluding carboxylic acids is 4. The van der Waals surface area contributed by atoms with Crippen molar-refractivity contribution < 1.29 is 67.8 Å². The minimum Gasteiger partial charge on any atom is -0.430 e. The topological polar surface area (TPSA) is 161 Å². The van der Waals surface area contributed by atoms with Crippen LogP contribution in [0.25, 0.3) is 0 Å². The highest BCUT2D eigenvalue weighted by molar-refractivity contribution is 5.89. The quantitative estimate of drug-likeness (QED) is 0.132. The van der Waals surface area contributed by atoms with Crippen molar-refractivity contribution in [1.82, 2.24) is 0 Å². The Bertz CT molecular complexity index is 1020. The predicted molar refractivity (Wildman–Crippen MR) is 131 cm³/mol. The van der Waals surface area contributed by atoms with Crippen LogP contribution in [0.1, 0.15) is 43.0 Å². The molecule has 0 fully saturated rings. The summed E-state index contributed by atoms with van der Waals surface area (Å²) in [7, 11) is 0. The first-order valence-electron chi connectivity index (χ1n) is 11.9. The molecule has 0 N–H and O–H groups in total. The van der Waals surface area contributed by atoms with Crippen molar-refractivity contribution in [2.75, 3.05) is 39.6 Å². The van der Waals surface area contributed by atoms with E-state index in [-0.39, 0.29) is 50.8 Å². The van der Waals surface area contributed by atoms with Crippen LogP contribution in [-0.2, 0) is 48.6 Å². The molecule has 0 aliphatic rings. The predicted octanol–water partition coefficient (Wildman–Crippen LogP) is 3.97. The number of rotatable bonds is 15. The molecule has 0 heterocycles. The third-order valence-electron chi connectivity index (χ3n) is 4.61. The molecular weight excluding hydrogens is 536 g/mol. The first-order valence-corrected chi connectivity index (χ1v) is 11.9. The molecule has 0 saturated carbocycles. The van der Waals surface area contributed by atoms with Crippen molar-refractivity contribution in [3.8, 4) is 0 Å². The van der Waals surface area contributed by atoms with Gasteiger partial charge in [-0.1, -0.05) is 34.4 Å². The van der Waals surface area contributed by atoms with E-state index in [0.29, 0.717) is 0 Å². The Morgan fingerprint density at radius 1 is 0.475 bits per heavy atom. The van der Waals surface area contributed by atoms with Gasteiger partial charge in [0.05, 0.1) is 47.6 Å². The molecule has 0 aliphatic carbocycles. The summed E-state index contributed by atoms with van der Waals surface area (Å²) in [6, 6.07) is 10.1. The van der Waals surface area contributed by atoms with E-state index in [9.17, 15) is 19.2 Å². The molecule has 0 spiro atoms. The zero-order valence-electron chi connectivity index (χ0n) is 22.4. The molecular formula is C26H30O14. The number of aryl methyl sites for hydroxylation is 4. The smallest absolute Gasteiger partial charge is 0.430 e. The Morgan fingerprint density at radius 2 is 0.800 bits per heavy atom. The van der Waals surface area contributed by atoms with Crippen molar-refractivity contribution in [2.24, 2.45) is 0 Å². The van der Waals surface area contributed by atoms with Gasteiger partial charge in [0, 0.05) is 0 Å². The second-order valence-corrected chi connectivity index (χ2v) is 8.22. The third-order valence-corrected chi connectivity index (χ3v) is 4.61.